The van der Waals surface area contributed by atoms with Crippen LogP contribution in [0.4, 0.5) is 17.6 Å². The first-order valence-electron chi connectivity index (χ1n) is 5.08. The van der Waals surface area contributed by atoms with Crippen molar-refractivity contribution in [2.24, 2.45) is 0 Å². The van der Waals surface area contributed by atoms with E-state index >= 15 is 0 Å². The van der Waals surface area contributed by atoms with E-state index in [0.29, 0.717) is 12.1 Å². The van der Waals surface area contributed by atoms with Gasteiger partial charge in [-0.25, -0.2) is 22.4 Å². The Morgan fingerprint density at radius 3 is 2.05 bits per heavy atom. The lowest BCUT2D eigenvalue weighted by molar-refractivity contribution is 0.0697. The molecule has 6 heteroatoms. The molecule has 1 N–H and O–H groups in total. The Morgan fingerprint density at radius 1 is 0.947 bits per heavy atom. The molecule has 0 saturated carbocycles. The Morgan fingerprint density at radius 2 is 1.53 bits per heavy atom. The summed E-state index contributed by atoms with van der Waals surface area (Å²) in [5, 5.41) is 8.93. The van der Waals surface area contributed by atoms with E-state index in [9.17, 15) is 22.4 Å². The van der Waals surface area contributed by atoms with Gasteiger partial charge in [0.05, 0.1) is 5.56 Å². The topological polar surface area (TPSA) is 37.3 Å². The van der Waals surface area contributed by atoms with E-state index in [1.807, 2.05) is 0 Å². The van der Waals surface area contributed by atoms with E-state index < -0.39 is 29.2 Å². The molecule has 19 heavy (non-hydrogen) atoms. The van der Waals surface area contributed by atoms with Gasteiger partial charge in [-0.2, -0.15) is 0 Å². The molecule has 0 aliphatic rings. The number of aromatic carboxylic acids is 1. The molecule has 0 saturated heterocycles. The van der Waals surface area contributed by atoms with Crippen LogP contribution < -0.4 is 0 Å². The Labute approximate surface area is 104 Å². The average molecular weight is 270 g/mol. The predicted molar refractivity (Wildman–Crippen MR) is 58.7 cm³/mol. The first-order chi connectivity index (χ1) is 8.90. The molecule has 0 atom stereocenters. The SMILES string of the molecule is O=C(O)c1ccc(F)cc1-c1cc(F)c(F)c(F)c1. The highest BCUT2D eigenvalue weighted by atomic mass is 19.2. The molecule has 0 aliphatic heterocycles. The number of carboxylic acid groups (broad SMARTS) is 1. The van der Waals surface area contributed by atoms with Gasteiger partial charge in [0, 0.05) is 0 Å². The molecule has 0 radical (unpaired) electrons. The zero-order chi connectivity index (χ0) is 14.2. The molecular formula is C13H6F4O2. The Hall–Kier alpha value is -2.37. The summed E-state index contributed by atoms with van der Waals surface area (Å²) in [4.78, 5) is 11.0. The van der Waals surface area contributed by atoms with E-state index in [2.05, 4.69) is 0 Å². The van der Waals surface area contributed by atoms with Crippen LogP contribution in [-0.4, -0.2) is 11.1 Å². The third kappa shape index (κ3) is 2.42. The second kappa shape index (κ2) is 4.72. The molecule has 0 aliphatic carbocycles. The fourth-order valence-corrected chi connectivity index (χ4v) is 1.65. The second-order valence-corrected chi connectivity index (χ2v) is 3.75. The predicted octanol–water partition coefficient (Wildman–Crippen LogP) is 3.61. The molecule has 2 aromatic rings. The van der Waals surface area contributed by atoms with Crippen molar-refractivity contribution in [1.29, 1.82) is 0 Å². The van der Waals surface area contributed by atoms with Gasteiger partial charge in [-0.05, 0) is 41.5 Å². The molecule has 0 heterocycles. The largest absolute Gasteiger partial charge is 0.478 e. The molecule has 2 nitrogen and oxygen atoms in total. The zero-order valence-corrected chi connectivity index (χ0v) is 9.25. The quantitative estimate of drug-likeness (QED) is 0.668. The molecule has 0 bridgehead atoms. The van der Waals surface area contributed by atoms with Crippen molar-refractivity contribution in [1.82, 2.24) is 0 Å². The van der Waals surface area contributed by atoms with Crippen LogP contribution >= 0.6 is 0 Å². The Kier molecular flexibility index (Phi) is 3.25. The summed E-state index contributed by atoms with van der Waals surface area (Å²) in [6.07, 6.45) is 0. The maximum Gasteiger partial charge on any atom is 0.336 e. The lowest BCUT2D eigenvalue weighted by Crippen LogP contribution is -2.01. The lowest BCUT2D eigenvalue weighted by atomic mass is 9.99. The van der Waals surface area contributed by atoms with Gasteiger partial charge >= 0.3 is 5.97 Å². The van der Waals surface area contributed by atoms with Gasteiger partial charge in [0.2, 0.25) is 0 Å². The van der Waals surface area contributed by atoms with Crippen molar-refractivity contribution in [3.63, 3.8) is 0 Å². The fraction of sp³-hybridized carbons (Fsp3) is 0. The maximum atomic E-state index is 13.1. The third-order valence-corrected chi connectivity index (χ3v) is 2.51. The first-order valence-corrected chi connectivity index (χ1v) is 5.08. The summed E-state index contributed by atoms with van der Waals surface area (Å²) in [5.41, 5.74) is -0.828. The smallest absolute Gasteiger partial charge is 0.336 e. The van der Waals surface area contributed by atoms with Crippen LogP contribution in [0.15, 0.2) is 30.3 Å². The molecule has 98 valence electrons. The van der Waals surface area contributed by atoms with Gasteiger partial charge in [0.25, 0.3) is 0 Å². The van der Waals surface area contributed by atoms with Crippen LogP contribution in [0.1, 0.15) is 10.4 Å². The van der Waals surface area contributed by atoms with Gasteiger partial charge in [0.1, 0.15) is 5.82 Å². The fourth-order valence-electron chi connectivity index (χ4n) is 1.65. The minimum absolute atomic E-state index is 0.231. The van der Waals surface area contributed by atoms with Crippen LogP contribution in [0.5, 0.6) is 0 Å². The first kappa shape index (κ1) is 13.1. The normalized spacial score (nSPS) is 10.5. The molecular weight excluding hydrogens is 264 g/mol. The van der Waals surface area contributed by atoms with Crippen LogP contribution in [-0.2, 0) is 0 Å². The lowest BCUT2D eigenvalue weighted by Gasteiger charge is -2.07. The minimum Gasteiger partial charge on any atom is -0.478 e. The monoisotopic (exact) mass is 270 g/mol. The summed E-state index contributed by atoms with van der Waals surface area (Å²) in [7, 11) is 0. The summed E-state index contributed by atoms with van der Waals surface area (Å²) in [5.74, 6) is -6.78. The number of rotatable bonds is 2. The summed E-state index contributed by atoms with van der Waals surface area (Å²) in [6.45, 7) is 0. The van der Waals surface area contributed by atoms with Gasteiger partial charge in [0.15, 0.2) is 17.5 Å². The van der Waals surface area contributed by atoms with Crippen LogP contribution in [0.3, 0.4) is 0 Å². The van der Waals surface area contributed by atoms with Crippen molar-refractivity contribution in [2.45, 2.75) is 0 Å². The van der Waals surface area contributed by atoms with Crippen molar-refractivity contribution >= 4 is 5.97 Å². The van der Waals surface area contributed by atoms with E-state index in [4.69, 9.17) is 5.11 Å². The molecule has 0 spiro atoms. The summed E-state index contributed by atoms with van der Waals surface area (Å²) >= 11 is 0. The molecule has 0 aromatic heterocycles. The highest BCUT2D eigenvalue weighted by molar-refractivity contribution is 5.96. The van der Waals surface area contributed by atoms with Crippen molar-refractivity contribution in [3.8, 4) is 11.1 Å². The van der Waals surface area contributed by atoms with Crippen molar-refractivity contribution < 1.29 is 27.5 Å². The van der Waals surface area contributed by atoms with E-state index in [1.54, 1.807) is 0 Å². The Bertz CT molecular complexity index is 645. The molecule has 0 unspecified atom stereocenters. The summed E-state index contributed by atoms with van der Waals surface area (Å²) < 4.78 is 52.2. The van der Waals surface area contributed by atoms with Gasteiger partial charge < -0.3 is 5.11 Å². The standard InChI is InChI=1S/C13H6F4O2/c14-7-1-2-8(13(18)19)9(5-7)6-3-10(15)12(17)11(16)4-6/h1-5H,(H,18,19). The van der Waals surface area contributed by atoms with E-state index in [0.717, 1.165) is 18.2 Å². The summed E-state index contributed by atoms with van der Waals surface area (Å²) in [6, 6.07) is 3.91. The highest BCUT2D eigenvalue weighted by Gasteiger charge is 2.17. The van der Waals surface area contributed by atoms with Gasteiger partial charge in [-0.3, -0.25) is 0 Å². The van der Waals surface area contributed by atoms with Gasteiger partial charge in [-0.15, -0.1) is 0 Å². The molecule has 2 rings (SSSR count). The van der Waals surface area contributed by atoms with E-state index in [1.165, 1.54) is 0 Å². The zero-order valence-electron chi connectivity index (χ0n) is 9.25. The minimum atomic E-state index is -1.67. The Balaban J connectivity index is 2.71. The number of benzene rings is 2. The van der Waals surface area contributed by atoms with Crippen molar-refractivity contribution in [2.75, 3.05) is 0 Å². The molecule has 0 amide bonds. The van der Waals surface area contributed by atoms with Gasteiger partial charge in [-0.1, -0.05) is 0 Å². The number of carboxylic acids is 1. The van der Waals surface area contributed by atoms with Crippen LogP contribution in [0.25, 0.3) is 11.1 Å². The number of hydrogen-bond acceptors (Lipinski definition) is 1. The highest BCUT2D eigenvalue weighted by Crippen LogP contribution is 2.27. The number of carbonyl (C=O) groups is 1. The van der Waals surface area contributed by atoms with E-state index in [-0.39, 0.29) is 16.7 Å². The third-order valence-electron chi connectivity index (χ3n) is 2.51. The second-order valence-electron chi connectivity index (χ2n) is 3.75. The van der Waals surface area contributed by atoms with Crippen molar-refractivity contribution in [3.05, 3.63) is 59.2 Å². The maximum absolute atomic E-state index is 13.1. The number of halogens is 4. The average Bonchev–Trinajstić information content (AvgIpc) is 2.34. The molecule has 2 aromatic carbocycles. The molecule has 0 fully saturated rings. The van der Waals surface area contributed by atoms with Crippen LogP contribution in [0, 0.1) is 23.3 Å². The number of hydrogen-bond donors (Lipinski definition) is 1. The van der Waals surface area contributed by atoms with Crippen LogP contribution in [0.2, 0.25) is 0 Å².